The Labute approximate surface area is 204 Å². The summed E-state index contributed by atoms with van der Waals surface area (Å²) in [4.78, 5) is 15.6. The highest BCUT2D eigenvalue weighted by Gasteiger charge is 2.44. The van der Waals surface area contributed by atoms with Crippen LogP contribution in [0.2, 0.25) is 0 Å². The van der Waals surface area contributed by atoms with Crippen LogP contribution in [0, 0.1) is 5.92 Å². The predicted molar refractivity (Wildman–Crippen MR) is 137 cm³/mol. The van der Waals surface area contributed by atoms with Gasteiger partial charge in [-0.2, -0.15) is 0 Å². The molecule has 0 bridgehead atoms. The molecule has 0 saturated carbocycles. The minimum absolute atomic E-state index is 0.118. The van der Waals surface area contributed by atoms with E-state index in [0.717, 1.165) is 62.4 Å². The largest absolute Gasteiger partial charge is 0.497 e. The minimum Gasteiger partial charge on any atom is -0.497 e. The summed E-state index contributed by atoms with van der Waals surface area (Å²) in [5.41, 5.74) is 3.02. The Bertz CT molecular complexity index is 956. The molecule has 5 heteroatoms. The second-order valence-electron chi connectivity index (χ2n) is 9.37. The molecular formula is C29H39NO4. The molecule has 2 aromatic rings. The number of piperidine rings is 1. The van der Waals surface area contributed by atoms with Crippen LogP contribution in [0.4, 0.5) is 0 Å². The maximum Gasteiger partial charge on any atom is 0.316 e. The molecule has 34 heavy (non-hydrogen) atoms. The Kier molecular flexibility index (Phi) is 9.17. The Balaban J connectivity index is 1.62. The number of benzene rings is 2. The number of rotatable bonds is 10. The monoisotopic (exact) mass is 465 g/mol. The smallest absolute Gasteiger partial charge is 0.316 e. The zero-order valence-corrected chi connectivity index (χ0v) is 21.3. The predicted octanol–water partition coefficient (Wildman–Crippen LogP) is 5.73. The van der Waals surface area contributed by atoms with Crippen LogP contribution in [0.1, 0.15) is 50.7 Å². The van der Waals surface area contributed by atoms with Gasteiger partial charge < -0.3 is 19.1 Å². The average Bonchev–Trinajstić information content (AvgIpc) is 2.87. The van der Waals surface area contributed by atoms with E-state index >= 15 is 0 Å². The van der Waals surface area contributed by atoms with Crippen LogP contribution in [0.5, 0.6) is 11.5 Å². The lowest BCUT2D eigenvalue weighted by Gasteiger charge is -2.36. The summed E-state index contributed by atoms with van der Waals surface area (Å²) in [5, 5.41) is 0. The van der Waals surface area contributed by atoms with E-state index in [0.29, 0.717) is 0 Å². The van der Waals surface area contributed by atoms with Gasteiger partial charge in [0.25, 0.3) is 0 Å². The third kappa shape index (κ3) is 6.01. The van der Waals surface area contributed by atoms with Crippen LogP contribution in [-0.2, 0) is 14.9 Å². The molecule has 184 valence electrons. The molecule has 1 aliphatic rings. The fourth-order valence-electron chi connectivity index (χ4n) is 5.05. The summed E-state index contributed by atoms with van der Waals surface area (Å²) < 4.78 is 16.0. The number of methoxy groups -OCH3 is 3. The second kappa shape index (κ2) is 12.1. The highest BCUT2D eigenvalue weighted by atomic mass is 16.5. The van der Waals surface area contributed by atoms with E-state index in [9.17, 15) is 4.79 Å². The van der Waals surface area contributed by atoms with Gasteiger partial charge in [0.2, 0.25) is 0 Å². The molecule has 0 aliphatic carbocycles. The number of ether oxygens (including phenoxy) is 3. The number of carbonyl (C=O) groups is 1. The highest BCUT2D eigenvalue weighted by Crippen LogP contribution is 2.39. The molecule has 0 N–H and O–H groups in total. The van der Waals surface area contributed by atoms with Crippen molar-refractivity contribution >= 4 is 12.0 Å². The number of likely N-dealkylation sites (tertiary alicyclic amines) is 1. The van der Waals surface area contributed by atoms with Crippen LogP contribution in [-0.4, -0.2) is 51.8 Å². The van der Waals surface area contributed by atoms with Gasteiger partial charge in [-0.1, -0.05) is 49.8 Å². The lowest BCUT2D eigenvalue weighted by atomic mass is 9.68. The minimum atomic E-state index is -0.658. The zero-order valence-electron chi connectivity index (χ0n) is 21.3. The van der Waals surface area contributed by atoms with Crippen molar-refractivity contribution in [1.82, 2.24) is 4.90 Å². The quantitative estimate of drug-likeness (QED) is 0.419. The number of hydrogen-bond acceptors (Lipinski definition) is 5. The van der Waals surface area contributed by atoms with Gasteiger partial charge in [0.15, 0.2) is 0 Å². The number of esters is 1. The van der Waals surface area contributed by atoms with Crippen molar-refractivity contribution in [1.29, 1.82) is 0 Å². The van der Waals surface area contributed by atoms with Crippen LogP contribution in [0.25, 0.3) is 6.08 Å². The number of hydrogen-bond donors (Lipinski definition) is 0. The van der Waals surface area contributed by atoms with Gasteiger partial charge in [-0.25, -0.2) is 0 Å². The molecule has 2 aromatic carbocycles. The van der Waals surface area contributed by atoms with Crippen molar-refractivity contribution in [3.8, 4) is 11.5 Å². The van der Waals surface area contributed by atoms with E-state index in [1.807, 2.05) is 36.4 Å². The first kappa shape index (κ1) is 25.8. The first-order valence-electron chi connectivity index (χ1n) is 12.2. The molecular weight excluding hydrogens is 426 g/mol. The third-order valence-electron chi connectivity index (χ3n) is 7.15. The SMILES string of the molecule is COC(=O)C(CCCN1CCC(=Cc2cccc(OC)c2)CC1)(c1ccc(OC)cc1)C(C)C. The van der Waals surface area contributed by atoms with Gasteiger partial charge in [-0.15, -0.1) is 0 Å². The van der Waals surface area contributed by atoms with E-state index in [-0.39, 0.29) is 11.9 Å². The van der Waals surface area contributed by atoms with Crippen molar-refractivity contribution in [2.24, 2.45) is 5.92 Å². The van der Waals surface area contributed by atoms with Crippen molar-refractivity contribution in [3.05, 3.63) is 65.2 Å². The van der Waals surface area contributed by atoms with Gasteiger partial charge in [0, 0.05) is 13.1 Å². The molecule has 3 rings (SSSR count). The Morgan fingerprint density at radius 1 is 1.00 bits per heavy atom. The summed E-state index contributed by atoms with van der Waals surface area (Å²) in [6, 6.07) is 16.1. The average molecular weight is 466 g/mol. The summed E-state index contributed by atoms with van der Waals surface area (Å²) >= 11 is 0. The third-order valence-corrected chi connectivity index (χ3v) is 7.15. The molecule has 1 atom stereocenters. The molecule has 5 nitrogen and oxygen atoms in total. The van der Waals surface area contributed by atoms with Crippen LogP contribution in [0.15, 0.2) is 54.1 Å². The zero-order chi connectivity index (χ0) is 24.6. The molecule has 0 spiro atoms. The fourth-order valence-corrected chi connectivity index (χ4v) is 5.05. The first-order chi connectivity index (χ1) is 16.4. The van der Waals surface area contributed by atoms with E-state index in [2.05, 4.69) is 37.0 Å². The number of carbonyl (C=O) groups excluding carboxylic acids is 1. The Hall–Kier alpha value is -2.79. The molecule has 0 radical (unpaired) electrons. The van der Waals surface area contributed by atoms with E-state index in [1.165, 1.54) is 18.2 Å². The lowest BCUT2D eigenvalue weighted by Crippen LogP contribution is -2.43. The van der Waals surface area contributed by atoms with E-state index < -0.39 is 5.41 Å². The molecule has 1 heterocycles. The summed E-state index contributed by atoms with van der Waals surface area (Å²) in [5.74, 6) is 1.64. The lowest BCUT2D eigenvalue weighted by molar-refractivity contribution is -0.150. The molecule has 0 aromatic heterocycles. The van der Waals surface area contributed by atoms with Crippen molar-refractivity contribution in [3.63, 3.8) is 0 Å². The van der Waals surface area contributed by atoms with Crippen LogP contribution >= 0.6 is 0 Å². The molecule has 1 saturated heterocycles. The van der Waals surface area contributed by atoms with E-state index in [4.69, 9.17) is 14.2 Å². The second-order valence-corrected chi connectivity index (χ2v) is 9.37. The summed E-state index contributed by atoms with van der Waals surface area (Å²) in [7, 11) is 4.85. The van der Waals surface area contributed by atoms with Crippen LogP contribution in [0.3, 0.4) is 0 Å². The molecule has 1 unspecified atom stereocenters. The van der Waals surface area contributed by atoms with Gasteiger partial charge in [-0.05, 0) is 73.5 Å². The standard InChI is InChI=1S/C29H39NO4/c1-22(2)29(28(31)34-5,25-10-12-26(32-3)13-11-25)16-7-17-30-18-14-23(15-19-30)20-24-8-6-9-27(21-24)33-4/h6,8-13,20-22H,7,14-19H2,1-5H3. The van der Waals surface area contributed by atoms with Crippen LogP contribution < -0.4 is 9.47 Å². The topological polar surface area (TPSA) is 48.0 Å². The van der Waals surface area contributed by atoms with Gasteiger partial charge in [0.1, 0.15) is 11.5 Å². The molecule has 0 amide bonds. The summed E-state index contributed by atoms with van der Waals surface area (Å²) in [6.45, 7) is 7.29. The first-order valence-corrected chi connectivity index (χ1v) is 12.2. The summed E-state index contributed by atoms with van der Waals surface area (Å²) in [6.07, 6.45) is 6.13. The van der Waals surface area contributed by atoms with Gasteiger partial charge in [0.05, 0.1) is 26.7 Å². The van der Waals surface area contributed by atoms with Crippen molar-refractivity contribution < 1.29 is 19.0 Å². The van der Waals surface area contributed by atoms with Gasteiger partial charge >= 0.3 is 5.97 Å². The molecule has 1 fully saturated rings. The Morgan fingerprint density at radius 2 is 1.68 bits per heavy atom. The maximum atomic E-state index is 13.1. The normalized spacial score (nSPS) is 16.1. The maximum absolute atomic E-state index is 13.1. The number of nitrogens with zero attached hydrogens (tertiary/aromatic N) is 1. The Morgan fingerprint density at radius 3 is 2.26 bits per heavy atom. The van der Waals surface area contributed by atoms with Gasteiger partial charge in [-0.3, -0.25) is 4.79 Å². The van der Waals surface area contributed by atoms with Crippen molar-refractivity contribution in [2.75, 3.05) is 41.0 Å². The van der Waals surface area contributed by atoms with Crippen molar-refractivity contribution in [2.45, 2.75) is 44.9 Å². The fraction of sp³-hybridized carbons (Fsp3) is 0.483. The highest BCUT2D eigenvalue weighted by molar-refractivity contribution is 5.83. The van der Waals surface area contributed by atoms with E-state index in [1.54, 1.807) is 14.2 Å². The molecule has 1 aliphatic heterocycles.